The summed E-state index contributed by atoms with van der Waals surface area (Å²) in [5.74, 6) is 1.17. The van der Waals surface area contributed by atoms with Crippen LogP contribution in [0.3, 0.4) is 0 Å². The van der Waals surface area contributed by atoms with Crippen LogP contribution in [0.1, 0.15) is 18.2 Å². The number of aryl methyl sites for hydroxylation is 1. The molecule has 3 heterocycles. The highest BCUT2D eigenvalue weighted by molar-refractivity contribution is 7.99. The Hall–Kier alpha value is -3.72. The zero-order valence-corrected chi connectivity index (χ0v) is 17.8. The average Bonchev–Trinajstić information content (AvgIpc) is 3.48. The number of aromatic nitrogens is 4. The molecule has 1 N–H and O–H groups in total. The normalized spacial score (nSPS) is 11.5. The smallest absolute Gasteiger partial charge is 0.250 e. The van der Waals surface area contributed by atoms with E-state index in [0.717, 1.165) is 16.8 Å². The maximum absolute atomic E-state index is 12.3. The molecule has 0 aliphatic carbocycles. The van der Waals surface area contributed by atoms with E-state index in [4.69, 9.17) is 4.42 Å². The molecule has 0 aliphatic heterocycles. The van der Waals surface area contributed by atoms with E-state index in [1.165, 1.54) is 11.8 Å². The van der Waals surface area contributed by atoms with E-state index in [-0.39, 0.29) is 11.7 Å². The van der Waals surface area contributed by atoms with Crippen molar-refractivity contribution in [1.82, 2.24) is 25.2 Å². The standard InChI is InChI=1S/C22H20N6O2S/c1-15-5-7-18(8-6-15)28-21(17-9-11-23-12-10-17)26-27-22(28)31-14-20(29)25-24-16(2)19-4-3-13-30-19/h3-13H,14H2,1-2H3,(H,25,29)/b24-16-. The van der Waals surface area contributed by atoms with Gasteiger partial charge >= 0.3 is 0 Å². The summed E-state index contributed by atoms with van der Waals surface area (Å²) in [4.78, 5) is 16.4. The molecule has 1 amide bonds. The van der Waals surface area contributed by atoms with Crippen LogP contribution in [0.25, 0.3) is 17.1 Å². The van der Waals surface area contributed by atoms with Crippen molar-refractivity contribution in [1.29, 1.82) is 0 Å². The zero-order valence-electron chi connectivity index (χ0n) is 17.0. The largest absolute Gasteiger partial charge is 0.463 e. The first-order valence-electron chi connectivity index (χ1n) is 9.54. The molecule has 4 aromatic rings. The number of thioether (sulfide) groups is 1. The van der Waals surface area contributed by atoms with Gasteiger partial charge in [0.05, 0.1) is 12.0 Å². The Morgan fingerprint density at radius 1 is 1.13 bits per heavy atom. The van der Waals surface area contributed by atoms with Gasteiger partial charge in [-0.3, -0.25) is 14.3 Å². The number of carbonyl (C=O) groups is 1. The molecule has 0 aliphatic rings. The van der Waals surface area contributed by atoms with Crippen molar-refractivity contribution in [3.05, 3.63) is 78.5 Å². The molecule has 8 nitrogen and oxygen atoms in total. The van der Waals surface area contributed by atoms with Crippen LogP contribution in [-0.2, 0) is 4.79 Å². The van der Waals surface area contributed by atoms with Crippen molar-refractivity contribution in [3.63, 3.8) is 0 Å². The third-order valence-electron chi connectivity index (χ3n) is 4.42. The van der Waals surface area contributed by atoms with Gasteiger partial charge in [0.1, 0.15) is 11.5 Å². The van der Waals surface area contributed by atoms with Crippen molar-refractivity contribution in [2.24, 2.45) is 5.10 Å². The predicted molar refractivity (Wildman–Crippen MR) is 119 cm³/mol. The second-order valence-electron chi connectivity index (χ2n) is 6.71. The van der Waals surface area contributed by atoms with Gasteiger partial charge in [0, 0.05) is 23.6 Å². The van der Waals surface area contributed by atoms with Gasteiger partial charge in [-0.25, -0.2) is 5.43 Å². The lowest BCUT2D eigenvalue weighted by atomic mass is 10.2. The van der Waals surface area contributed by atoms with Crippen LogP contribution in [-0.4, -0.2) is 37.1 Å². The van der Waals surface area contributed by atoms with Crippen LogP contribution < -0.4 is 5.43 Å². The quantitative estimate of drug-likeness (QED) is 0.270. The minimum atomic E-state index is -0.250. The van der Waals surface area contributed by atoms with Gasteiger partial charge in [-0.15, -0.1) is 10.2 Å². The molecule has 156 valence electrons. The van der Waals surface area contributed by atoms with E-state index in [2.05, 4.69) is 25.7 Å². The summed E-state index contributed by atoms with van der Waals surface area (Å²) in [5.41, 5.74) is 6.09. The molecule has 0 atom stereocenters. The van der Waals surface area contributed by atoms with Crippen LogP contribution in [0.4, 0.5) is 0 Å². The fourth-order valence-corrected chi connectivity index (χ4v) is 3.57. The van der Waals surface area contributed by atoms with Crippen LogP contribution >= 0.6 is 11.8 Å². The Balaban J connectivity index is 1.54. The minimum absolute atomic E-state index is 0.134. The summed E-state index contributed by atoms with van der Waals surface area (Å²) in [5, 5.41) is 13.4. The van der Waals surface area contributed by atoms with E-state index in [1.54, 1.807) is 37.7 Å². The molecule has 9 heteroatoms. The van der Waals surface area contributed by atoms with Crippen molar-refractivity contribution < 1.29 is 9.21 Å². The lowest BCUT2D eigenvalue weighted by Gasteiger charge is -2.10. The summed E-state index contributed by atoms with van der Waals surface area (Å²) in [6, 6.07) is 15.4. The number of nitrogens with one attached hydrogen (secondary N) is 1. The van der Waals surface area contributed by atoms with E-state index in [0.29, 0.717) is 22.5 Å². The fraction of sp³-hybridized carbons (Fsp3) is 0.136. The minimum Gasteiger partial charge on any atom is -0.463 e. The van der Waals surface area contributed by atoms with E-state index in [1.807, 2.05) is 47.9 Å². The summed E-state index contributed by atoms with van der Waals surface area (Å²) >= 11 is 1.29. The summed E-state index contributed by atoms with van der Waals surface area (Å²) < 4.78 is 7.20. The van der Waals surface area contributed by atoms with Gasteiger partial charge in [-0.05, 0) is 50.2 Å². The van der Waals surface area contributed by atoms with Crippen molar-refractivity contribution in [3.8, 4) is 17.1 Å². The third-order valence-corrected chi connectivity index (χ3v) is 5.35. The fourth-order valence-electron chi connectivity index (χ4n) is 2.83. The number of carbonyl (C=O) groups excluding carboxylic acids is 1. The highest BCUT2D eigenvalue weighted by Gasteiger charge is 2.17. The lowest BCUT2D eigenvalue weighted by molar-refractivity contribution is -0.118. The summed E-state index contributed by atoms with van der Waals surface area (Å²) in [7, 11) is 0. The number of hydrogen-bond donors (Lipinski definition) is 1. The van der Waals surface area contributed by atoms with Crippen LogP contribution in [0.5, 0.6) is 0 Å². The molecule has 0 radical (unpaired) electrons. The zero-order chi connectivity index (χ0) is 21.6. The number of rotatable bonds is 7. The molecule has 1 aromatic carbocycles. The molecule has 0 saturated heterocycles. The Morgan fingerprint density at radius 2 is 1.90 bits per heavy atom. The molecule has 0 bridgehead atoms. The highest BCUT2D eigenvalue weighted by Crippen LogP contribution is 2.27. The van der Waals surface area contributed by atoms with Crippen molar-refractivity contribution >= 4 is 23.4 Å². The molecule has 0 fully saturated rings. The van der Waals surface area contributed by atoms with Crippen LogP contribution in [0, 0.1) is 6.92 Å². The second kappa shape index (κ2) is 9.40. The Morgan fingerprint density at radius 3 is 2.61 bits per heavy atom. The number of hydrogen-bond acceptors (Lipinski definition) is 7. The molecule has 3 aromatic heterocycles. The lowest BCUT2D eigenvalue weighted by Crippen LogP contribution is -2.21. The number of benzene rings is 1. The summed E-state index contributed by atoms with van der Waals surface area (Å²) in [6.07, 6.45) is 4.98. The molecule has 0 saturated carbocycles. The molecule has 0 unspecified atom stereocenters. The van der Waals surface area contributed by atoms with Crippen molar-refractivity contribution in [2.45, 2.75) is 19.0 Å². The van der Waals surface area contributed by atoms with E-state index in [9.17, 15) is 4.79 Å². The highest BCUT2D eigenvalue weighted by atomic mass is 32.2. The van der Waals surface area contributed by atoms with Crippen LogP contribution in [0.2, 0.25) is 0 Å². The molecule has 31 heavy (non-hydrogen) atoms. The number of pyridine rings is 1. The maximum Gasteiger partial charge on any atom is 0.250 e. The van der Waals surface area contributed by atoms with Crippen molar-refractivity contribution in [2.75, 3.05) is 5.75 Å². The van der Waals surface area contributed by atoms with Gasteiger partial charge in [0.25, 0.3) is 5.91 Å². The number of nitrogens with zero attached hydrogens (tertiary/aromatic N) is 5. The monoisotopic (exact) mass is 432 g/mol. The Kier molecular flexibility index (Phi) is 6.23. The maximum atomic E-state index is 12.3. The van der Waals surface area contributed by atoms with Gasteiger partial charge in [0.15, 0.2) is 11.0 Å². The van der Waals surface area contributed by atoms with Gasteiger partial charge < -0.3 is 4.42 Å². The van der Waals surface area contributed by atoms with Crippen LogP contribution in [0.15, 0.2) is 81.9 Å². The van der Waals surface area contributed by atoms with E-state index < -0.39 is 0 Å². The van der Waals surface area contributed by atoms with Gasteiger partial charge in [-0.2, -0.15) is 5.10 Å². The molecular formula is C22H20N6O2S. The first-order chi connectivity index (χ1) is 15.1. The number of amides is 1. The SMILES string of the molecule is C/C(=N/NC(=O)CSc1nnc(-c2ccncc2)n1-c1ccc(C)cc1)c1ccco1. The Bertz CT molecular complexity index is 1180. The first kappa shape index (κ1) is 20.5. The second-order valence-corrected chi connectivity index (χ2v) is 7.65. The number of hydrazone groups is 1. The topological polar surface area (TPSA) is 98.2 Å². The summed E-state index contributed by atoms with van der Waals surface area (Å²) in [6.45, 7) is 3.80. The molecule has 4 rings (SSSR count). The Labute approximate surface area is 183 Å². The third kappa shape index (κ3) is 4.89. The van der Waals surface area contributed by atoms with Gasteiger partial charge in [0.2, 0.25) is 0 Å². The predicted octanol–water partition coefficient (Wildman–Crippen LogP) is 3.86. The number of furan rings is 1. The van der Waals surface area contributed by atoms with E-state index >= 15 is 0 Å². The molecule has 0 spiro atoms. The van der Waals surface area contributed by atoms with Gasteiger partial charge in [-0.1, -0.05) is 29.5 Å². The average molecular weight is 433 g/mol. The first-order valence-corrected chi connectivity index (χ1v) is 10.5. The molecular weight excluding hydrogens is 412 g/mol.